The number of hydrogen-bond acceptors (Lipinski definition) is 2. The van der Waals surface area contributed by atoms with Gasteiger partial charge in [-0.15, -0.1) is 0 Å². The number of halogens is 1. The Morgan fingerprint density at radius 1 is 1.30 bits per heavy atom. The van der Waals surface area contributed by atoms with Gasteiger partial charge in [0.1, 0.15) is 11.5 Å². The van der Waals surface area contributed by atoms with Crippen molar-refractivity contribution >= 4 is 39.2 Å². The number of nitrogens with zero attached hydrogens (tertiary/aromatic N) is 1. The van der Waals surface area contributed by atoms with Crippen LogP contribution in [0.15, 0.2) is 33.2 Å². The highest BCUT2D eigenvalue weighted by Gasteiger charge is 2.17. The minimum Gasteiger partial charge on any atom is -0.466 e. The number of aryl methyl sites for hydroxylation is 2. The highest BCUT2D eigenvalue weighted by atomic mass is 79.9. The van der Waals surface area contributed by atoms with Gasteiger partial charge in [-0.25, -0.2) is 0 Å². The van der Waals surface area contributed by atoms with E-state index in [1.807, 2.05) is 26.0 Å². The van der Waals surface area contributed by atoms with E-state index in [2.05, 4.69) is 44.5 Å². The number of aromatic amines is 1. The zero-order valence-electron chi connectivity index (χ0n) is 11.5. The first-order valence-electron chi connectivity index (χ1n) is 6.44. The molecule has 1 atom stereocenters. The molecule has 2 aromatic heterocycles. The molecule has 2 heterocycles. The Balaban J connectivity index is 2.21. The van der Waals surface area contributed by atoms with Gasteiger partial charge in [-0.2, -0.15) is 0 Å². The van der Waals surface area contributed by atoms with Crippen LogP contribution in [-0.4, -0.2) is 9.55 Å². The van der Waals surface area contributed by atoms with Crippen LogP contribution in [0.2, 0.25) is 0 Å². The Labute approximate surface area is 130 Å². The zero-order valence-corrected chi connectivity index (χ0v) is 13.9. The lowest BCUT2D eigenvalue weighted by molar-refractivity contribution is 0.495. The first-order chi connectivity index (χ1) is 9.47. The van der Waals surface area contributed by atoms with Gasteiger partial charge < -0.3 is 14.0 Å². The number of imidazole rings is 1. The minimum atomic E-state index is 0.134. The Kier molecular flexibility index (Phi) is 3.34. The number of H-pyrrole nitrogens is 1. The van der Waals surface area contributed by atoms with Gasteiger partial charge in [-0.05, 0) is 57.3 Å². The van der Waals surface area contributed by atoms with Crippen LogP contribution in [0.3, 0.4) is 0 Å². The van der Waals surface area contributed by atoms with Gasteiger partial charge in [0.15, 0.2) is 4.77 Å². The summed E-state index contributed by atoms with van der Waals surface area (Å²) < 4.78 is 9.54. The molecule has 0 bridgehead atoms. The molecule has 0 fully saturated rings. The largest absolute Gasteiger partial charge is 0.466 e. The van der Waals surface area contributed by atoms with Gasteiger partial charge in [0.25, 0.3) is 0 Å². The van der Waals surface area contributed by atoms with Crippen molar-refractivity contribution < 1.29 is 4.42 Å². The molecule has 1 aromatic carbocycles. The molecule has 1 N–H and O–H groups in total. The van der Waals surface area contributed by atoms with E-state index in [-0.39, 0.29) is 6.04 Å². The molecule has 3 aromatic rings. The van der Waals surface area contributed by atoms with Crippen molar-refractivity contribution in [2.45, 2.75) is 26.8 Å². The summed E-state index contributed by atoms with van der Waals surface area (Å²) in [5, 5.41) is 0. The Morgan fingerprint density at radius 2 is 2.05 bits per heavy atom. The quantitative estimate of drug-likeness (QED) is 0.637. The van der Waals surface area contributed by atoms with E-state index in [0.29, 0.717) is 0 Å². The zero-order chi connectivity index (χ0) is 14.4. The Hall–Kier alpha value is -1.33. The summed E-state index contributed by atoms with van der Waals surface area (Å²) in [7, 11) is 0. The number of fused-ring (bicyclic) bond motifs is 1. The monoisotopic (exact) mass is 350 g/mol. The van der Waals surface area contributed by atoms with Gasteiger partial charge in [0.2, 0.25) is 0 Å². The number of rotatable bonds is 2. The molecule has 5 heteroatoms. The summed E-state index contributed by atoms with van der Waals surface area (Å²) >= 11 is 8.97. The van der Waals surface area contributed by atoms with Gasteiger partial charge in [-0.1, -0.05) is 15.9 Å². The van der Waals surface area contributed by atoms with Crippen LogP contribution >= 0.6 is 28.1 Å². The van der Waals surface area contributed by atoms with E-state index in [1.54, 1.807) is 0 Å². The van der Waals surface area contributed by atoms with Crippen molar-refractivity contribution in [3.63, 3.8) is 0 Å². The maximum Gasteiger partial charge on any atom is 0.178 e. The maximum atomic E-state index is 5.64. The minimum absolute atomic E-state index is 0.134. The molecule has 0 spiro atoms. The Bertz CT molecular complexity index is 843. The maximum absolute atomic E-state index is 5.64. The van der Waals surface area contributed by atoms with E-state index >= 15 is 0 Å². The molecule has 104 valence electrons. The van der Waals surface area contributed by atoms with Gasteiger partial charge in [-0.3, -0.25) is 0 Å². The molecule has 0 saturated carbocycles. The van der Waals surface area contributed by atoms with Crippen LogP contribution in [0, 0.1) is 18.6 Å². The number of nitrogens with one attached hydrogen (secondary N) is 1. The third-order valence-corrected chi connectivity index (χ3v) is 4.39. The molecular formula is C15H15BrN2OS. The van der Waals surface area contributed by atoms with E-state index in [0.717, 1.165) is 31.8 Å². The number of hydrogen-bond donors (Lipinski definition) is 1. The van der Waals surface area contributed by atoms with Crippen LogP contribution in [0.25, 0.3) is 11.0 Å². The van der Waals surface area contributed by atoms with E-state index in [1.165, 1.54) is 5.56 Å². The number of benzene rings is 1. The van der Waals surface area contributed by atoms with Crippen molar-refractivity contribution in [3.05, 3.63) is 50.6 Å². The average molecular weight is 351 g/mol. The van der Waals surface area contributed by atoms with Crippen molar-refractivity contribution in [3.8, 4) is 0 Å². The summed E-state index contributed by atoms with van der Waals surface area (Å²) in [5.74, 6) is 1.88. The number of aromatic nitrogens is 2. The van der Waals surface area contributed by atoms with Crippen molar-refractivity contribution in [2.75, 3.05) is 0 Å². The summed E-state index contributed by atoms with van der Waals surface area (Å²) in [6.07, 6.45) is 0. The van der Waals surface area contributed by atoms with Crippen LogP contribution in [-0.2, 0) is 0 Å². The molecule has 20 heavy (non-hydrogen) atoms. The molecule has 0 aliphatic rings. The predicted molar refractivity (Wildman–Crippen MR) is 86.8 cm³/mol. The fourth-order valence-corrected chi connectivity index (χ4v) is 3.42. The molecule has 3 rings (SSSR count). The summed E-state index contributed by atoms with van der Waals surface area (Å²) in [6, 6.07) is 8.36. The molecule has 0 radical (unpaired) electrons. The average Bonchev–Trinajstić information content (AvgIpc) is 2.87. The second-order valence-corrected chi connectivity index (χ2v) is 6.31. The molecule has 0 saturated heterocycles. The van der Waals surface area contributed by atoms with Crippen LogP contribution < -0.4 is 0 Å². The van der Waals surface area contributed by atoms with E-state index < -0.39 is 0 Å². The lowest BCUT2D eigenvalue weighted by Crippen LogP contribution is -2.07. The molecule has 0 aliphatic carbocycles. The van der Waals surface area contributed by atoms with Crippen LogP contribution in [0.1, 0.15) is 30.0 Å². The second kappa shape index (κ2) is 4.90. The lowest BCUT2D eigenvalue weighted by Gasteiger charge is -2.14. The second-order valence-electron chi connectivity index (χ2n) is 5.01. The highest BCUT2D eigenvalue weighted by Crippen LogP contribution is 2.29. The summed E-state index contributed by atoms with van der Waals surface area (Å²) in [5.41, 5.74) is 3.31. The first-order valence-corrected chi connectivity index (χ1v) is 7.64. The standard InChI is InChI=1S/C15H15BrN2OS/c1-8-6-12(10(3)19-8)9(2)18-14-5-4-11(16)7-13(14)17-15(18)20/h4-7,9H,1-3H3,(H,17,20). The fraction of sp³-hybridized carbons (Fsp3) is 0.267. The SMILES string of the molecule is Cc1cc(C(C)n2c(=S)[nH]c3cc(Br)ccc32)c(C)o1. The van der Waals surface area contributed by atoms with Gasteiger partial charge >= 0.3 is 0 Å². The summed E-state index contributed by atoms with van der Waals surface area (Å²) in [6.45, 7) is 6.10. The third-order valence-electron chi connectivity index (χ3n) is 3.60. The van der Waals surface area contributed by atoms with Crippen molar-refractivity contribution in [1.29, 1.82) is 0 Å². The van der Waals surface area contributed by atoms with Crippen molar-refractivity contribution in [1.82, 2.24) is 9.55 Å². The van der Waals surface area contributed by atoms with Gasteiger partial charge in [0.05, 0.1) is 17.1 Å². The molecule has 1 unspecified atom stereocenters. The van der Waals surface area contributed by atoms with E-state index in [9.17, 15) is 0 Å². The normalized spacial score (nSPS) is 13.0. The molecular weight excluding hydrogens is 336 g/mol. The first kappa shape index (κ1) is 13.6. The Morgan fingerprint density at radius 3 is 2.70 bits per heavy atom. The van der Waals surface area contributed by atoms with Crippen molar-refractivity contribution in [2.24, 2.45) is 0 Å². The van der Waals surface area contributed by atoms with E-state index in [4.69, 9.17) is 16.6 Å². The highest BCUT2D eigenvalue weighted by molar-refractivity contribution is 9.10. The predicted octanol–water partition coefficient (Wildman–Crippen LogP) is 5.28. The third kappa shape index (κ3) is 2.15. The number of furan rings is 1. The van der Waals surface area contributed by atoms with Crippen LogP contribution in [0.4, 0.5) is 0 Å². The molecule has 0 amide bonds. The summed E-state index contributed by atoms with van der Waals surface area (Å²) in [4.78, 5) is 3.26. The van der Waals surface area contributed by atoms with Gasteiger partial charge in [0, 0.05) is 10.0 Å². The fourth-order valence-electron chi connectivity index (χ4n) is 2.69. The topological polar surface area (TPSA) is 33.9 Å². The smallest absolute Gasteiger partial charge is 0.178 e. The lowest BCUT2D eigenvalue weighted by atomic mass is 10.1. The molecule has 0 aliphatic heterocycles. The molecule has 3 nitrogen and oxygen atoms in total. The van der Waals surface area contributed by atoms with Crippen LogP contribution in [0.5, 0.6) is 0 Å².